The average Bonchev–Trinajstić information content (AvgIpc) is 3.09. The van der Waals surface area contributed by atoms with Crippen LogP contribution in [-0.4, -0.2) is 78.7 Å². The highest BCUT2D eigenvalue weighted by molar-refractivity contribution is 8.00. The van der Waals surface area contributed by atoms with Crippen molar-refractivity contribution in [3.8, 4) is 0 Å². The first-order valence-corrected chi connectivity index (χ1v) is 9.65. The first-order valence-electron chi connectivity index (χ1n) is 7.34. The molecule has 3 atom stereocenters. The molecule has 4 N–H and O–H groups in total. The van der Waals surface area contributed by atoms with Crippen molar-refractivity contribution >= 4 is 69.7 Å². The summed E-state index contributed by atoms with van der Waals surface area (Å²) in [7, 11) is 0. The number of nitrogens with one attached hydrogen (secondary N) is 2. The molecule has 3 rings (SSSR count). The highest BCUT2D eigenvalue weighted by Gasteiger charge is 2.57. The summed E-state index contributed by atoms with van der Waals surface area (Å²) in [6.07, 6.45) is 0.411. The first kappa shape index (κ1) is 19.4. The molecule has 0 spiro atoms. The number of carbonyl (C=O) groups is 4. The number of anilines is 1. The lowest BCUT2D eigenvalue weighted by Gasteiger charge is -2.52. The summed E-state index contributed by atoms with van der Waals surface area (Å²) in [5, 5.41) is 27.1. The Balaban J connectivity index is 1.67. The molecule has 27 heavy (non-hydrogen) atoms. The summed E-state index contributed by atoms with van der Waals surface area (Å²) in [4.78, 5) is 49.9. The summed E-state index contributed by atoms with van der Waals surface area (Å²) in [5.74, 6) is -2.46. The van der Waals surface area contributed by atoms with Gasteiger partial charge < -0.3 is 25.8 Å². The molecule has 0 saturated carbocycles. The fourth-order valence-electron chi connectivity index (χ4n) is 2.60. The number of thioether (sulfide) groups is 1. The lowest BCUT2D eigenvalue weighted by atomic mass is 10.0. The molecule has 3 heterocycles. The van der Waals surface area contributed by atoms with Crippen molar-refractivity contribution in [2.75, 3.05) is 17.6 Å². The number of halogens is 1. The number of aromatic nitrogens is 1. The maximum Gasteiger partial charge on any atom is 0.327 e. The van der Waals surface area contributed by atoms with Crippen molar-refractivity contribution in [3.63, 3.8) is 0 Å². The number of thiazole rings is 1. The molecular formula is C13H12ClN5O6S2. The Morgan fingerprint density at radius 3 is 2.89 bits per heavy atom. The standard InChI is InChI=1S/C13H12ClN5O6S2/c14-13(11(23)24)2-19-9(22)7(10(19)27-3-13)17-8(21)6(18-25)5-1-26-12(16-5)15-4-20/h1,4,7,10,25H,2-3H2,(H,17,21)(H,23,24)(H,15,16,20)/t7?,10-,13?/m1/s1. The number of carboxylic acids is 1. The van der Waals surface area contributed by atoms with E-state index in [2.05, 4.69) is 20.8 Å². The summed E-state index contributed by atoms with van der Waals surface area (Å²) in [6, 6.07) is -0.902. The third-order valence-corrected chi connectivity index (χ3v) is 6.83. The highest BCUT2D eigenvalue weighted by Crippen LogP contribution is 2.41. The third kappa shape index (κ3) is 3.44. The van der Waals surface area contributed by atoms with E-state index in [0.717, 1.165) is 23.1 Å². The van der Waals surface area contributed by atoms with Crippen molar-refractivity contribution in [3.05, 3.63) is 11.1 Å². The molecule has 1 aromatic rings. The van der Waals surface area contributed by atoms with Gasteiger partial charge in [-0.15, -0.1) is 34.7 Å². The van der Waals surface area contributed by atoms with E-state index in [9.17, 15) is 19.2 Å². The van der Waals surface area contributed by atoms with Gasteiger partial charge >= 0.3 is 5.97 Å². The number of rotatable bonds is 6. The van der Waals surface area contributed by atoms with E-state index in [4.69, 9.17) is 21.9 Å². The zero-order valence-corrected chi connectivity index (χ0v) is 15.7. The lowest BCUT2D eigenvalue weighted by Crippen LogP contribution is -2.74. The maximum atomic E-state index is 12.4. The van der Waals surface area contributed by atoms with Gasteiger partial charge in [-0.25, -0.2) is 4.98 Å². The fraction of sp³-hybridized carbons (Fsp3) is 0.385. The minimum atomic E-state index is -1.56. The molecule has 2 unspecified atom stereocenters. The molecule has 11 nitrogen and oxygen atoms in total. The van der Waals surface area contributed by atoms with Gasteiger partial charge in [0.2, 0.25) is 12.3 Å². The summed E-state index contributed by atoms with van der Waals surface area (Å²) < 4.78 is 0. The Labute approximate surface area is 164 Å². The Bertz CT molecular complexity index is 847. The Morgan fingerprint density at radius 1 is 1.52 bits per heavy atom. The van der Waals surface area contributed by atoms with Gasteiger partial charge in [-0.05, 0) is 0 Å². The van der Waals surface area contributed by atoms with Crippen LogP contribution in [0.5, 0.6) is 0 Å². The van der Waals surface area contributed by atoms with Crippen molar-refractivity contribution in [1.82, 2.24) is 15.2 Å². The van der Waals surface area contributed by atoms with Gasteiger partial charge in [0, 0.05) is 11.1 Å². The van der Waals surface area contributed by atoms with Gasteiger partial charge in [0.05, 0.1) is 6.54 Å². The minimum absolute atomic E-state index is 0.0231. The Morgan fingerprint density at radius 2 is 2.26 bits per heavy atom. The summed E-state index contributed by atoms with van der Waals surface area (Å²) in [6.45, 7) is -0.166. The zero-order chi connectivity index (χ0) is 19.8. The van der Waals surface area contributed by atoms with Crippen LogP contribution in [0.1, 0.15) is 5.69 Å². The van der Waals surface area contributed by atoms with E-state index in [-0.39, 0.29) is 23.1 Å². The van der Waals surface area contributed by atoms with Crippen LogP contribution in [0.3, 0.4) is 0 Å². The second-order valence-electron chi connectivity index (χ2n) is 5.64. The van der Waals surface area contributed by atoms with Gasteiger partial charge in [0.25, 0.3) is 5.91 Å². The van der Waals surface area contributed by atoms with Gasteiger partial charge in [-0.3, -0.25) is 19.2 Å². The number of carboxylic acid groups (broad SMARTS) is 1. The quantitative estimate of drug-likeness (QED) is 0.115. The van der Waals surface area contributed by atoms with Crippen molar-refractivity contribution in [1.29, 1.82) is 0 Å². The number of amides is 3. The zero-order valence-electron chi connectivity index (χ0n) is 13.3. The molecule has 0 bridgehead atoms. The van der Waals surface area contributed by atoms with Crippen LogP contribution in [-0.2, 0) is 19.2 Å². The SMILES string of the molecule is O=CNc1nc(C(=NO)C(=O)NC2C(=O)N3CC(Cl)(C(=O)O)CS[C@H]23)cs1. The minimum Gasteiger partial charge on any atom is -0.480 e. The normalized spacial score (nSPS) is 27.4. The van der Waals surface area contributed by atoms with Crippen LogP contribution in [0.25, 0.3) is 0 Å². The van der Waals surface area contributed by atoms with E-state index in [0.29, 0.717) is 6.41 Å². The van der Waals surface area contributed by atoms with Crippen molar-refractivity contribution < 1.29 is 29.5 Å². The van der Waals surface area contributed by atoms with Crippen LogP contribution >= 0.6 is 34.7 Å². The van der Waals surface area contributed by atoms with E-state index >= 15 is 0 Å². The number of hydrogen-bond acceptors (Lipinski definition) is 9. The molecule has 2 saturated heterocycles. The predicted octanol–water partition coefficient (Wildman–Crippen LogP) is -0.648. The molecule has 2 aliphatic heterocycles. The van der Waals surface area contributed by atoms with E-state index in [1.165, 1.54) is 10.3 Å². The number of β-lactam (4-membered cyclic amide) rings is 1. The molecule has 3 amide bonds. The predicted molar refractivity (Wildman–Crippen MR) is 96.2 cm³/mol. The van der Waals surface area contributed by atoms with Crippen LogP contribution in [0, 0.1) is 0 Å². The molecule has 14 heteroatoms. The monoisotopic (exact) mass is 433 g/mol. The van der Waals surface area contributed by atoms with Gasteiger partial charge in [0.15, 0.2) is 15.7 Å². The number of aliphatic carboxylic acids is 1. The number of nitrogens with zero attached hydrogens (tertiary/aromatic N) is 3. The van der Waals surface area contributed by atoms with Crippen LogP contribution < -0.4 is 10.6 Å². The number of alkyl halides is 1. The second kappa shape index (κ2) is 7.32. The van der Waals surface area contributed by atoms with Gasteiger partial charge in [-0.1, -0.05) is 5.16 Å². The van der Waals surface area contributed by atoms with Crippen LogP contribution in [0.4, 0.5) is 5.13 Å². The third-order valence-electron chi connectivity index (χ3n) is 3.96. The van der Waals surface area contributed by atoms with E-state index in [1.54, 1.807) is 0 Å². The Hall–Kier alpha value is -2.38. The van der Waals surface area contributed by atoms with Crippen molar-refractivity contribution in [2.24, 2.45) is 5.16 Å². The summed E-state index contributed by atoms with van der Waals surface area (Å²) in [5.41, 5.74) is -0.399. The first-order chi connectivity index (χ1) is 12.8. The van der Waals surface area contributed by atoms with E-state index < -0.39 is 39.8 Å². The van der Waals surface area contributed by atoms with Gasteiger partial charge in [0.1, 0.15) is 17.1 Å². The Kier molecular flexibility index (Phi) is 5.26. The smallest absolute Gasteiger partial charge is 0.327 e. The number of carbonyl (C=O) groups excluding carboxylic acids is 3. The van der Waals surface area contributed by atoms with Crippen LogP contribution in [0.2, 0.25) is 0 Å². The fourth-order valence-corrected chi connectivity index (χ4v) is 4.95. The molecule has 1 aromatic heterocycles. The largest absolute Gasteiger partial charge is 0.480 e. The molecule has 144 valence electrons. The van der Waals surface area contributed by atoms with Crippen LogP contribution in [0.15, 0.2) is 10.5 Å². The molecule has 0 aliphatic carbocycles. The topological polar surface area (TPSA) is 161 Å². The van der Waals surface area contributed by atoms with Gasteiger partial charge in [-0.2, -0.15) is 0 Å². The lowest BCUT2D eigenvalue weighted by molar-refractivity contribution is -0.151. The number of fused-ring (bicyclic) bond motifs is 1. The highest BCUT2D eigenvalue weighted by atomic mass is 35.5. The number of oxime groups is 1. The summed E-state index contributed by atoms with van der Waals surface area (Å²) >= 11 is 8.17. The molecule has 2 fully saturated rings. The maximum absolute atomic E-state index is 12.4. The average molecular weight is 434 g/mol. The molecular weight excluding hydrogens is 422 g/mol. The van der Waals surface area contributed by atoms with Crippen molar-refractivity contribution in [2.45, 2.75) is 16.3 Å². The molecule has 0 radical (unpaired) electrons. The van der Waals surface area contributed by atoms with E-state index in [1.807, 2.05) is 0 Å². The second-order valence-corrected chi connectivity index (χ2v) is 8.32. The molecule has 0 aromatic carbocycles. The molecule has 2 aliphatic rings. The number of hydrogen-bond donors (Lipinski definition) is 4.